The molecule has 180 valence electrons. The Hall–Kier alpha value is -4.18. The molecule has 0 bridgehead atoms. The first-order valence-electron chi connectivity index (χ1n) is 10.8. The van der Waals surface area contributed by atoms with Crippen molar-refractivity contribution in [1.82, 2.24) is 9.78 Å². The summed E-state index contributed by atoms with van der Waals surface area (Å²) < 4.78 is 17.1. The van der Waals surface area contributed by atoms with Gasteiger partial charge in [0.2, 0.25) is 0 Å². The number of hydrogen-bond donors (Lipinski definition) is 1. The molecule has 0 saturated carbocycles. The third-order valence-corrected chi connectivity index (χ3v) is 6.02. The van der Waals surface area contributed by atoms with Crippen molar-refractivity contribution < 1.29 is 23.8 Å². The van der Waals surface area contributed by atoms with E-state index < -0.39 is 17.4 Å². The number of anilines is 1. The van der Waals surface area contributed by atoms with Crippen LogP contribution < -0.4 is 20.3 Å². The van der Waals surface area contributed by atoms with E-state index in [2.05, 4.69) is 10.4 Å². The Kier molecular flexibility index (Phi) is 7.11. The first kappa shape index (κ1) is 24.0. The topological polar surface area (TPSA) is 109 Å². The molecule has 1 amide bonds. The highest BCUT2D eigenvalue weighted by atomic mass is 32.1. The number of nitrogens with zero attached hydrogens (tertiary/aromatic N) is 2. The molecule has 0 spiro atoms. The third-order valence-electron chi connectivity index (χ3n) is 5.12. The van der Waals surface area contributed by atoms with Crippen molar-refractivity contribution in [2.75, 3.05) is 25.6 Å². The van der Waals surface area contributed by atoms with Crippen LogP contribution in [0.25, 0.3) is 16.5 Å². The Morgan fingerprint density at radius 2 is 1.94 bits per heavy atom. The molecule has 4 aromatic rings. The van der Waals surface area contributed by atoms with Gasteiger partial charge in [0.25, 0.3) is 11.5 Å². The maximum Gasteiger partial charge on any atom is 0.359 e. The molecule has 9 nitrogen and oxygen atoms in total. The quantitative estimate of drug-likeness (QED) is 0.370. The minimum atomic E-state index is -0.673. The molecule has 35 heavy (non-hydrogen) atoms. The zero-order valence-electron chi connectivity index (χ0n) is 19.4. The van der Waals surface area contributed by atoms with E-state index in [9.17, 15) is 14.4 Å². The molecule has 1 N–H and O–H groups in total. The van der Waals surface area contributed by atoms with E-state index in [1.807, 2.05) is 25.1 Å². The summed E-state index contributed by atoms with van der Waals surface area (Å²) in [6.45, 7) is 3.46. The molecular weight excluding hydrogens is 470 g/mol. The van der Waals surface area contributed by atoms with Gasteiger partial charge < -0.3 is 19.5 Å². The SMILES string of the molecule is CCOC(=O)c1nn(-c2cccc(OC)c2)c(=O)c2c(NC(=O)COc3ccccc3C)scc12. The summed E-state index contributed by atoms with van der Waals surface area (Å²) in [7, 11) is 1.51. The summed E-state index contributed by atoms with van der Waals surface area (Å²) in [4.78, 5) is 38.8. The number of rotatable bonds is 8. The van der Waals surface area contributed by atoms with Gasteiger partial charge in [0.15, 0.2) is 12.3 Å². The summed E-state index contributed by atoms with van der Waals surface area (Å²) in [5, 5.41) is 9.36. The van der Waals surface area contributed by atoms with Gasteiger partial charge in [-0.3, -0.25) is 9.59 Å². The van der Waals surface area contributed by atoms with Crippen LogP contribution in [0.5, 0.6) is 11.5 Å². The number of aromatic nitrogens is 2. The van der Waals surface area contributed by atoms with E-state index in [0.717, 1.165) is 21.6 Å². The van der Waals surface area contributed by atoms with Crippen molar-refractivity contribution in [2.24, 2.45) is 0 Å². The van der Waals surface area contributed by atoms with Crippen molar-refractivity contribution in [3.63, 3.8) is 0 Å². The number of nitrogens with one attached hydrogen (secondary N) is 1. The largest absolute Gasteiger partial charge is 0.497 e. The molecular formula is C25H23N3O6S. The fourth-order valence-electron chi connectivity index (χ4n) is 3.43. The van der Waals surface area contributed by atoms with E-state index in [1.165, 1.54) is 7.11 Å². The fourth-order valence-corrected chi connectivity index (χ4v) is 4.39. The Labute approximate surface area is 204 Å². The molecule has 0 saturated heterocycles. The van der Waals surface area contributed by atoms with Gasteiger partial charge in [0.05, 0.1) is 24.8 Å². The molecule has 0 atom stereocenters. The average molecular weight is 494 g/mol. The summed E-state index contributed by atoms with van der Waals surface area (Å²) in [6, 6.07) is 14.1. The van der Waals surface area contributed by atoms with Crippen LogP contribution >= 0.6 is 11.3 Å². The molecule has 0 fully saturated rings. The summed E-state index contributed by atoms with van der Waals surface area (Å²) >= 11 is 1.12. The second-order valence-corrected chi connectivity index (χ2v) is 8.32. The summed E-state index contributed by atoms with van der Waals surface area (Å²) in [5.41, 5.74) is 0.760. The monoisotopic (exact) mass is 493 g/mol. The van der Waals surface area contributed by atoms with E-state index in [4.69, 9.17) is 14.2 Å². The molecule has 0 aliphatic carbocycles. The van der Waals surface area contributed by atoms with Crippen LogP contribution in [0.3, 0.4) is 0 Å². The maximum atomic E-state index is 13.5. The highest BCUT2D eigenvalue weighted by Gasteiger charge is 2.23. The summed E-state index contributed by atoms with van der Waals surface area (Å²) in [5.74, 6) is -0.0133. The number of fused-ring (bicyclic) bond motifs is 1. The molecule has 0 unspecified atom stereocenters. The van der Waals surface area contributed by atoms with Crippen LogP contribution in [0.2, 0.25) is 0 Å². The minimum Gasteiger partial charge on any atom is -0.497 e. The number of methoxy groups -OCH3 is 1. The molecule has 0 aliphatic heterocycles. The van der Waals surface area contributed by atoms with Crippen molar-refractivity contribution in [2.45, 2.75) is 13.8 Å². The maximum absolute atomic E-state index is 13.5. The van der Waals surface area contributed by atoms with E-state index in [-0.39, 0.29) is 29.3 Å². The van der Waals surface area contributed by atoms with Crippen molar-refractivity contribution in [3.05, 3.63) is 75.5 Å². The molecule has 4 rings (SSSR count). The zero-order valence-corrected chi connectivity index (χ0v) is 20.2. The predicted molar refractivity (Wildman–Crippen MR) is 133 cm³/mol. The number of esters is 1. The first-order chi connectivity index (χ1) is 16.9. The Bertz CT molecular complexity index is 1460. The lowest BCUT2D eigenvalue weighted by Crippen LogP contribution is -2.26. The number of ether oxygens (including phenoxy) is 3. The molecule has 10 heteroatoms. The molecule has 2 aromatic carbocycles. The highest BCUT2D eigenvalue weighted by Crippen LogP contribution is 2.31. The molecule has 2 heterocycles. The molecule has 2 aromatic heterocycles. The highest BCUT2D eigenvalue weighted by molar-refractivity contribution is 7.16. The lowest BCUT2D eigenvalue weighted by atomic mass is 10.2. The van der Waals surface area contributed by atoms with Gasteiger partial charge in [-0.2, -0.15) is 9.78 Å². The molecule has 0 radical (unpaired) electrons. The Morgan fingerprint density at radius 1 is 1.14 bits per heavy atom. The van der Waals surface area contributed by atoms with Gasteiger partial charge in [0.1, 0.15) is 16.5 Å². The first-order valence-corrected chi connectivity index (χ1v) is 11.6. The lowest BCUT2D eigenvalue weighted by Gasteiger charge is -2.11. The number of carbonyl (C=O) groups is 2. The van der Waals surface area contributed by atoms with Gasteiger partial charge in [0, 0.05) is 16.8 Å². The van der Waals surface area contributed by atoms with Crippen LogP contribution in [-0.2, 0) is 9.53 Å². The number of carbonyl (C=O) groups excluding carboxylic acids is 2. The number of amides is 1. The molecule has 0 aliphatic rings. The minimum absolute atomic E-state index is 0.0304. The van der Waals surface area contributed by atoms with Crippen LogP contribution in [0.1, 0.15) is 23.0 Å². The number of thiophene rings is 1. The summed E-state index contributed by atoms with van der Waals surface area (Å²) in [6.07, 6.45) is 0. The van der Waals surface area contributed by atoms with Gasteiger partial charge in [-0.05, 0) is 37.6 Å². The Morgan fingerprint density at radius 3 is 2.69 bits per heavy atom. The smallest absolute Gasteiger partial charge is 0.359 e. The zero-order chi connectivity index (χ0) is 24.9. The van der Waals surface area contributed by atoms with Crippen molar-refractivity contribution in [3.8, 4) is 17.2 Å². The van der Waals surface area contributed by atoms with Gasteiger partial charge in [-0.25, -0.2) is 4.79 Å². The van der Waals surface area contributed by atoms with Gasteiger partial charge in [-0.1, -0.05) is 24.3 Å². The average Bonchev–Trinajstić information content (AvgIpc) is 3.28. The number of hydrogen-bond acceptors (Lipinski definition) is 8. The second-order valence-electron chi connectivity index (χ2n) is 7.44. The van der Waals surface area contributed by atoms with Crippen LogP contribution in [0, 0.1) is 6.92 Å². The predicted octanol–water partition coefficient (Wildman–Crippen LogP) is 3.96. The normalized spacial score (nSPS) is 10.7. The van der Waals surface area contributed by atoms with Gasteiger partial charge >= 0.3 is 5.97 Å². The van der Waals surface area contributed by atoms with E-state index in [1.54, 1.807) is 42.6 Å². The second kappa shape index (κ2) is 10.4. The van der Waals surface area contributed by atoms with Crippen LogP contribution in [-0.4, -0.2) is 42.0 Å². The number of benzene rings is 2. The third kappa shape index (κ3) is 5.02. The van der Waals surface area contributed by atoms with Crippen LogP contribution in [0.15, 0.2) is 58.7 Å². The van der Waals surface area contributed by atoms with E-state index in [0.29, 0.717) is 22.6 Å². The van der Waals surface area contributed by atoms with E-state index >= 15 is 0 Å². The Balaban J connectivity index is 1.74. The number of para-hydroxylation sites is 1. The van der Waals surface area contributed by atoms with Crippen LogP contribution in [0.4, 0.5) is 5.00 Å². The van der Waals surface area contributed by atoms with Gasteiger partial charge in [-0.15, -0.1) is 11.3 Å². The van der Waals surface area contributed by atoms with Crippen molar-refractivity contribution in [1.29, 1.82) is 0 Å². The van der Waals surface area contributed by atoms with Crippen molar-refractivity contribution >= 4 is 39.0 Å². The lowest BCUT2D eigenvalue weighted by molar-refractivity contribution is -0.118. The standard InChI is InChI=1S/C25H23N3O6S/c1-4-33-25(31)22-18-14-35-23(26-20(29)13-34-19-11-6-5-8-15(19)2)21(18)24(30)28(27-22)16-9-7-10-17(12-16)32-3/h5-12,14H,4,13H2,1-3H3,(H,26,29). The fraction of sp³-hybridized carbons (Fsp3) is 0.200. The number of aryl methyl sites for hydroxylation is 1.